The number of allylic oxidation sites excluding steroid dienone is 2. The van der Waals surface area contributed by atoms with E-state index in [-0.39, 0.29) is 5.91 Å². The van der Waals surface area contributed by atoms with E-state index in [2.05, 4.69) is 36.5 Å². The molecule has 1 aliphatic rings. The molecule has 96 valence electrons. The van der Waals surface area contributed by atoms with Crippen molar-refractivity contribution in [2.45, 2.75) is 32.6 Å². The van der Waals surface area contributed by atoms with Crippen LogP contribution < -0.4 is 5.32 Å². The Balaban J connectivity index is 1.70. The zero-order valence-corrected chi connectivity index (χ0v) is 11.0. The van der Waals surface area contributed by atoms with Gasteiger partial charge in [-0.2, -0.15) is 0 Å². The third-order valence-corrected chi connectivity index (χ3v) is 3.54. The first kappa shape index (κ1) is 12.9. The van der Waals surface area contributed by atoms with Gasteiger partial charge in [0.05, 0.1) is 0 Å². The van der Waals surface area contributed by atoms with Crippen LogP contribution in [-0.4, -0.2) is 12.5 Å². The standard InChI is InChI=1S/C16H21NO/c1-13-6-2-5-9-15(13)10-11-17-16(18)12-14-7-3-4-8-14/h2-3,5-7,9,14H,4,8,10-12H2,1H3,(H,17,18). The summed E-state index contributed by atoms with van der Waals surface area (Å²) in [6.45, 7) is 2.85. The van der Waals surface area contributed by atoms with E-state index in [1.54, 1.807) is 0 Å². The Morgan fingerprint density at radius 1 is 1.39 bits per heavy atom. The van der Waals surface area contributed by atoms with Crippen LogP contribution in [0, 0.1) is 12.8 Å². The molecule has 0 aromatic heterocycles. The summed E-state index contributed by atoms with van der Waals surface area (Å²) < 4.78 is 0. The number of nitrogens with one attached hydrogen (secondary N) is 1. The minimum atomic E-state index is 0.181. The fourth-order valence-electron chi connectivity index (χ4n) is 2.40. The summed E-state index contributed by atoms with van der Waals surface area (Å²) in [5.74, 6) is 0.642. The Morgan fingerprint density at radius 3 is 2.94 bits per heavy atom. The Morgan fingerprint density at radius 2 is 2.22 bits per heavy atom. The van der Waals surface area contributed by atoms with Gasteiger partial charge in [-0.05, 0) is 43.2 Å². The number of hydrogen-bond donors (Lipinski definition) is 1. The highest BCUT2D eigenvalue weighted by Crippen LogP contribution is 2.19. The molecule has 0 heterocycles. The quantitative estimate of drug-likeness (QED) is 0.791. The first-order chi connectivity index (χ1) is 8.75. The zero-order chi connectivity index (χ0) is 12.8. The van der Waals surface area contributed by atoms with Crippen molar-refractivity contribution in [2.24, 2.45) is 5.92 Å². The Kier molecular flexibility index (Phi) is 4.57. The predicted octanol–water partition coefficient (Wildman–Crippen LogP) is 3.01. The Labute approximate surface area is 109 Å². The van der Waals surface area contributed by atoms with E-state index in [0.717, 1.165) is 25.8 Å². The lowest BCUT2D eigenvalue weighted by molar-refractivity contribution is -0.121. The molecule has 1 amide bonds. The van der Waals surface area contributed by atoms with E-state index in [1.807, 2.05) is 12.1 Å². The van der Waals surface area contributed by atoms with E-state index in [9.17, 15) is 4.79 Å². The molecule has 1 N–H and O–H groups in total. The highest BCUT2D eigenvalue weighted by molar-refractivity contribution is 5.76. The van der Waals surface area contributed by atoms with Gasteiger partial charge in [0.25, 0.3) is 0 Å². The summed E-state index contributed by atoms with van der Waals surface area (Å²) in [5.41, 5.74) is 2.61. The number of carbonyl (C=O) groups is 1. The summed E-state index contributed by atoms with van der Waals surface area (Å²) in [4.78, 5) is 11.7. The van der Waals surface area contributed by atoms with Gasteiger partial charge in [-0.1, -0.05) is 36.4 Å². The van der Waals surface area contributed by atoms with Gasteiger partial charge in [-0.3, -0.25) is 4.79 Å². The molecule has 1 aromatic carbocycles. The maximum atomic E-state index is 11.7. The molecule has 1 atom stereocenters. The molecule has 0 bridgehead atoms. The van der Waals surface area contributed by atoms with Crippen molar-refractivity contribution in [3.8, 4) is 0 Å². The minimum Gasteiger partial charge on any atom is -0.356 e. The van der Waals surface area contributed by atoms with Crippen LogP contribution in [0.2, 0.25) is 0 Å². The smallest absolute Gasteiger partial charge is 0.220 e. The third-order valence-electron chi connectivity index (χ3n) is 3.54. The van der Waals surface area contributed by atoms with Crippen LogP contribution in [-0.2, 0) is 11.2 Å². The number of rotatable bonds is 5. The molecule has 2 nitrogen and oxygen atoms in total. The third kappa shape index (κ3) is 3.73. The molecule has 0 saturated carbocycles. The highest BCUT2D eigenvalue weighted by Gasteiger charge is 2.13. The van der Waals surface area contributed by atoms with Crippen molar-refractivity contribution >= 4 is 5.91 Å². The predicted molar refractivity (Wildman–Crippen MR) is 74.4 cm³/mol. The molecule has 0 spiro atoms. The molecule has 2 rings (SSSR count). The SMILES string of the molecule is Cc1ccccc1CCNC(=O)CC1C=CCC1. The largest absolute Gasteiger partial charge is 0.356 e. The van der Waals surface area contributed by atoms with E-state index in [4.69, 9.17) is 0 Å². The Bertz CT molecular complexity index is 436. The van der Waals surface area contributed by atoms with E-state index < -0.39 is 0 Å². The van der Waals surface area contributed by atoms with Crippen molar-refractivity contribution in [1.82, 2.24) is 5.32 Å². The summed E-state index contributed by atoms with van der Waals surface area (Å²) in [5, 5.41) is 3.01. The molecule has 1 unspecified atom stereocenters. The highest BCUT2D eigenvalue weighted by atomic mass is 16.1. The second-order valence-corrected chi connectivity index (χ2v) is 5.00. The summed E-state index contributed by atoms with van der Waals surface area (Å²) in [6.07, 6.45) is 8.15. The number of aryl methyl sites for hydroxylation is 1. The molecule has 2 heteroatoms. The molecule has 1 aliphatic carbocycles. The van der Waals surface area contributed by atoms with Crippen molar-refractivity contribution in [1.29, 1.82) is 0 Å². The summed E-state index contributed by atoms with van der Waals surface area (Å²) in [7, 11) is 0. The minimum absolute atomic E-state index is 0.181. The fourth-order valence-corrected chi connectivity index (χ4v) is 2.40. The second kappa shape index (κ2) is 6.39. The van der Waals surface area contributed by atoms with Crippen LogP contribution in [0.4, 0.5) is 0 Å². The van der Waals surface area contributed by atoms with Crippen LogP contribution >= 0.6 is 0 Å². The molecule has 0 radical (unpaired) electrons. The van der Waals surface area contributed by atoms with Gasteiger partial charge in [-0.25, -0.2) is 0 Å². The lowest BCUT2D eigenvalue weighted by Crippen LogP contribution is -2.27. The fraction of sp³-hybridized carbons (Fsp3) is 0.438. The van der Waals surface area contributed by atoms with Gasteiger partial charge in [0, 0.05) is 13.0 Å². The number of amides is 1. The molecule has 18 heavy (non-hydrogen) atoms. The van der Waals surface area contributed by atoms with E-state index >= 15 is 0 Å². The molecular weight excluding hydrogens is 222 g/mol. The van der Waals surface area contributed by atoms with E-state index in [1.165, 1.54) is 11.1 Å². The molecule has 0 saturated heterocycles. The van der Waals surface area contributed by atoms with Crippen LogP contribution in [0.5, 0.6) is 0 Å². The number of carbonyl (C=O) groups excluding carboxylic acids is 1. The normalized spacial score (nSPS) is 17.9. The van der Waals surface area contributed by atoms with Crippen molar-refractivity contribution in [3.63, 3.8) is 0 Å². The maximum Gasteiger partial charge on any atom is 0.220 e. The lowest BCUT2D eigenvalue weighted by atomic mass is 10.0. The summed E-state index contributed by atoms with van der Waals surface area (Å²) >= 11 is 0. The first-order valence-corrected chi connectivity index (χ1v) is 6.73. The average Bonchev–Trinajstić information content (AvgIpc) is 2.84. The van der Waals surface area contributed by atoms with Gasteiger partial charge >= 0.3 is 0 Å². The van der Waals surface area contributed by atoms with Crippen molar-refractivity contribution < 1.29 is 4.79 Å². The Hall–Kier alpha value is -1.57. The van der Waals surface area contributed by atoms with Gasteiger partial charge in [0.1, 0.15) is 0 Å². The van der Waals surface area contributed by atoms with Gasteiger partial charge < -0.3 is 5.32 Å². The van der Waals surface area contributed by atoms with Crippen LogP contribution in [0.1, 0.15) is 30.4 Å². The van der Waals surface area contributed by atoms with Gasteiger partial charge in [0.2, 0.25) is 5.91 Å². The average molecular weight is 243 g/mol. The maximum absolute atomic E-state index is 11.7. The van der Waals surface area contributed by atoms with Crippen LogP contribution in [0.15, 0.2) is 36.4 Å². The monoisotopic (exact) mass is 243 g/mol. The lowest BCUT2D eigenvalue weighted by Gasteiger charge is -2.09. The number of hydrogen-bond acceptors (Lipinski definition) is 1. The van der Waals surface area contributed by atoms with Crippen molar-refractivity contribution in [2.75, 3.05) is 6.54 Å². The van der Waals surface area contributed by atoms with Gasteiger partial charge in [-0.15, -0.1) is 0 Å². The van der Waals surface area contributed by atoms with Gasteiger partial charge in [0.15, 0.2) is 0 Å². The first-order valence-electron chi connectivity index (χ1n) is 6.73. The summed E-state index contributed by atoms with van der Waals surface area (Å²) in [6, 6.07) is 8.33. The topological polar surface area (TPSA) is 29.1 Å². The van der Waals surface area contributed by atoms with E-state index in [0.29, 0.717) is 12.3 Å². The molecular formula is C16H21NO. The number of benzene rings is 1. The molecule has 0 fully saturated rings. The zero-order valence-electron chi connectivity index (χ0n) is 11.0. The molecule has 0 aliphatic heterocycles. The second-order valence-electron chi connectivity index (χ2n) is 5.00. The van der Waals surface area contributed by atoms with Crippen molar-refractivity contribution in [3.05, 3.63) is 47.5 Å². The molecule has 1 aromatic rings. The van der Waals surface area contributed by atoms with Crippen LogP contribution in [0.25, 0.3) is 0 Å². The van der Waals surface area contributed by atoms with Crippen LogP contribution in [0.3, 0.4) is 0 Å².